The lowest BCUT2D eigenvalue weighted by atomic mass is 10.1. The van der Waals surface area contributed by atoms with Crippen molar-refractivity contribution >= 4 is 23.1 Å². The highest BCUT2D eigenvalue weighted by Gasteiger charge is 2.22. The molecule has 2 aromatic heterocycles. The van der Waals surface area contributed by atoms with Gasteiger partial charge in [0.05, 0.1) is 19.2 Å². The van der Waals surface area contributed by atoms with Crippen LogP contribution in [0.25, 0.3) is 16.9 Å². The van der Waals surface area contributed by atoms with E-state index in [2.05, 4.69) is 26.1 Å². The van der Waals surface area contributed by atoms with Crippen LogP contribution in [0.5, 0.6) is 11.5 Å². The van der Waals surface area contributed by atoms with E-state index in [4.69, 9.17) is 26.1 Å². The number of anilines is 1. The number of fused-ring (bicyclic) bond motifs is 1. The number of hydrogen-bond donors (Lipinski definition) is 1. The van der Waals surface area contributed by atoms with Crippen molar-refractivity contribution in [3.8, 4) is 22.8 Å². The molecule has 0 unspecified atom stereocenters. The van der Waals surface area contributed by atoms with Gasteiger partial charge in [0.25, 0.3) is 0 Å². The number of aromatic nitrogens is 2. The van der Waals surface area contributed by atoms with Gasteiger partial charge in [-0.15, -0.1) is 0 Å². The molecule has 0 aliphatic heterocycles. The number of hydrogen-bond acceptors (Lipinski definition) is 4. The van der Waals surface area contributed by atoms with E-state index in [-0.39, 0.29) is 5.54 Å². The standard InChI is InChI=1S/C19H22ClN3O2/c1-19(2,3)22-18-17(21-16-9-6-12(20)11-23(16)18)14-10-13(24-4)7-8-15(14)25-5/h6-11,22H,1-5H3. The summed E-state index contributed by atoms with van der Waals surface area (Å²) in [6.07, 6.45) is 1.86. The second-order valence-corrected chi connectivity index (χ2v) is 7.26. The fourth-order valence-electron chi connectivity index (χ4n) is 2.68. The van der Waals surface area contributed by atoms with Crippen LogP contribution >= 0.6 is 11.6 Å². The normalized spacial score (nSPS) is 11.6. The Labute approximate surface area is 152 Å². The third-order valence-electron chi connectivity index (χ3n) is 3.74. The van der Waals surface area contributed by atoms with Crippen molar-refractivity contribution in [1.82, 2.24) is 9.38 Å². The smallest absolute Gasteiger partial charge is 0.139 e. The summed E-state index contributed by atoms with van der Waals surface area (Å²) in [4.78, 5) is 4.80. The zero-order valence-corrected chi connectivity index (χ0v) is 15.8. The predicted octanol–water partition coefficient (Wildman–Crippen LogP) is 4.88. The Kier molecular flexibility index (Phi) is 4.52. The van der Waals surface area contributed by atoms with Gasteiger partial charge in [0.1, 0.15) is 28.7 Å². The minimum absolute atomic E-state index is 0.154. The van der Waals surface area contributed by atoms with Gasteiger partial charge in [0.2, 0.25) is 0 Å². The number of ether oxygens (including phenoxy) is 2. The third kappa shape index (κ3) is 3.51. The quantitative estimate of drug-likeness (QED) is 0.721. The number of benzene rings is 1. The second-order valence-electron chi connectivity index (χ2n) is 6.83. The van der Waals surface area contributed by atoms with E-state index in [1.807, 2.05) is 40.9 Å². The fourth-order valence-corrected chi connectivity index (χ4v) is 2.84. The zero-order valence-electron chi connectivity index (χ0n) is 15.1. The Bertz CT molecular complexity index is 913. The molecule has 5 nitrogen and oxygen atoms in total. The van der Waals surface area contributed by atoms with Crippen LogP contribution < -0.4 is 14.8 Å². The molecular formula is C19H22ClN3O2. The van der Waals surface area contributed by atoms with Gasteiger partial charge in [-0.2, -0.15) is 0 Å². The molecule has 0 spiro atoms. The maximum atomic E-state index is 6.20. The van der Waals surface area contributed by atoms with Crippen molar-refractivity contribution < 1.29 is 9.47 Å². The minimum Gasteiger partial charge on any atom is -0.497 e. The summed E-state index contributed by atoms with van der Waals surface area (Å²) in [5, 5.41) is 4.18. The topological polar surface area (TPSA) is 47.8 Å². The first-order valence-electron chi connectivity index (χ1n) is 8.00. The van der Waals surface area contributed by atoms with E-state index in [1.165, 1.54) is 0 Å². The van der Waals surface area contributed by atoms with Gasteiger partial charge in [-0.25, -0.2) is 4.98 Å². The van der Waals surface area contributed by atoms with E-state index in [1.54, 1.807) is 14.2 Å². The van der Waals surface area contributed by atoms with Crippen LogP contribution in [0, 0.1) is 0 Å². The number of pyridine rings is 1. The summed E-state index contributed by atoms with van der Waals surface area (Å²) < 4.78 is 12.9. The fraction of sp³-hybridized carbons (Fsp3) is 0.316. The van der Waals surface area contributed by atoms with Crippen molar-refractivity contribution in [3.63, 3.8) is 0 Å². The maximum Gasteiger partial charge on any atom is 0.139 e. The number of imidazole rings is 1. The van der Waals surface area contributed by atoms with Gasteiger partial charge in [0, 0.05) is 17.3 Å². The summed E-state index contributed by atoms with van der Waals surface area (Å²) in [5.74, 6) is 2.33. The van der Waals surface area contributed by atoms with Gasteiger partial charge in [-0.3, -0.25) is 4.40 Å². The molecule has 2 heterocycles. The molecule has 0 saturated carbocycles. The highest BCUT2D eigenvalue weighted by atomic mass is 35.5. The molecule has 1 N–H and O–H groups in total. The first-order chi connectivity index (χ1) is 11.8. The van der Waals surface area contributed by atoms with Crippen LogP contribution in [-0.2, 0) is 0 Å². The van der Waals surface area contributed by atoms with Gasteiger partial charge in [-0.05, 0) is 51.1 Å². The molecule has 3 rings (SSSR count). The zero-order chi connectivity index (χ0) is 18.2. The molecule has 0 fully saturated rings. The summed E-state index contributed by atoms with van der Waals surface area (Å²) in [6, 6.07) is 9.40. The highest BCUT2D eigenvalue weighted by molar-refractivity contribution is 6.30. The molecule has 0 atom stereocenters. The van der Waals surface area contributed by atoms with Crippen molar-refractivity contribution in [1.29, 1.82) is 0 Å². The summed E-state index contributed by atoms with van der Waals surface area (Å²) in [6.45, 7) is 6.30. The van der Waals surface area contributed by atoms with Gasteiger partial charge in [0.15, 0.2) is 0 Å². The highest BCUT2D eigenvalue weighted by Crippen LogP contribution is 2.38. The summed E-state index contributed by atoms with van der Waals surface area (Å²) in [5.41, 5.74) is 2.29. The summed E-state index contributed by atoms with van der Waals surface area (Å²) in [7, 11) is 3.29. The van der Waals surface area contributed by atoms with Crippen LogP contribution in [0.1, 0.15) is 20.8 Å². The molecule has 0 radical (unpaired) electrons. The number of rotatable bonds is 4. The molecule has 0 amide bonds. The molecule has 6 heteroatoms. The van der Waals surface area contributed by atoms with Crippen LogP contribution in [-0.4, -0.2) is 29.1 Å². The van der Waals surface area contributed by atoms with Crippen LogP contribution in [0.15, 0.2) is 36.5 Å². The molecule has 0 bridgehead atoms. The Balaban J connectivity index is 2.30. The maximum absolute atomic E-state index is 6.20. The molecule has 132 valence electrons. The van der Waals surface area contributed by atoms with Crippen molar-refractivity contribution in [2.24, 2.45) is 0 Å². The van der Waals surface area contributed by atoms with Crippen molar-refractivity contribution in [2.75, 3.05) is 19.5 Å². The number of halogens is 1. The molecule has 1 aromatic carbocycles. The minimum atomic E-state index is -0.154. The Morgan fingerprint density at radius 1 is 1.08 bits per heavy atom. The number of methoxy groups -OCH3 is 2. The van der Waals surface area contributed by atoms with Crippen LogP contribution in [0.2, 0.25) is 5.02 Å². The number of nitrogens with one attached hydrogen (secondary N) is 1. The van der Waals surface area contributed by atoms with E-state index >= 15 is 0 Å². The number of nitrogens with zero attached hydrogens (tertiary/aromatic N) is 2. The molecular weight excluding hydrogens is 338 g/mol. The Hall–Kier alpha value is -2.40. The summed E-state index contributed by atoms with van der Waals surface area (Å²) >= 11 is 6.20. The first-order valence-corrected chi connectivity index (χ1v) is 8.38. The lowest BCUT2D eigenvalue weighted by Crippen LogP contribution is -2.27. The van der Waals surface area contributed by atoms with E-state index in [0.29, 0.717) is 5.02 Å². The first kappa shape index (κ1) is 17.4. The van der Waals surface area contributed by atoms with Crippen LogP contribution in [0.3, 0.4) is 0 Å². The van der Waals surface area contributed by atoms with Gasteiger partial charge < -0.3 is 14.8 Å². The largest absolute Gasteiger partial charge is 0.497 e. The average Bonchev–Trinajstić information content (AvgIpc) is 2.90. The van der Waals surface area contributed by atoms with Crippen molar-refractivity contribution in [3.05, 3.63) is 41.6 Å². The molecule has 3 aromatic rings. The lowest BCUT2D eigenvalue weighted by molar-refractivity contribution is 0.404. The molecule has 0 aliphatic carbocycles. The third-order valence-corrected chi connectivity index (χ3v) is 3.96. The lowest BCUT2D eigenvalue weighted by Gasteiger charge is -2.23. The Morgan fingerprint density at radius 3 is 2.48 bits per heavy atom. The van der Waals surface area contributed by atoms with E-state index in [0.717, 1.165) is 34.2 Å². The molecule has 0 saturated heterocycles. The van der Waals surface area contributed by atoms with Gasteiger partial charge in [-0.1, -0.05) is 11.6 Å². The molecule has 0 aliphatic rings. The van der Waals surface area contributed by atoms with E-state index < -0.39 is 0 Å². The average molecular weight is 360 g/mol. The van der Waals surface area contributed by atoms with Crippen molar-refractivity contribution in [2.45, 2.75) is 26.3 Å². The van der Waals surface area contributed by atoms with Gasteiger partial charge >= 0.3 is 0 Å². The Morgan fingerprint density at radius 2 is 1.84 bits per heavy atom. The molecule has 25 heavy (non-hydrogen) atoms. The van der Waals surface area contributed by atoms with E-state index in [9.17, 15) is 0 Å². The monoisotopic (exact) mass is 359 g/mol. The van der Waals surface area contributed by atoms with Crippen LogP contribution in [0.4, 0.5) is 5.82 Å². The predicted molar refractivity (Wildman–Crippen MR) is 102 cm³/mol. The second kappa shape index (κ2) is 6.48. The SMILES string of the molecule is COc1ccc(OC)c(-c2nc3ccc(Cl)cn3c2NC(C)(C)C)c1.